The van der Waals surface area contributed by atoms with Crippen LogP contribution in [0.2, 0.25) is 0 Å². The normalized spacial score (nSPS) is 12.3. The number of fused-ring (bicyclic) bond motifs is 3. The standard InChI is InChI=1S/C16H17N3O7S/c20-5-3-19(4-6-21)27(25,26)9-1-2-12-10(7-9)13-11(16(23)24)8-17-14(13)15(22)18-12/h1-2,7-8,17,20-21H,3-6H2,(H,18,22)(H,23,24). The van der Waals surface area contributed by atoms with Crippen molar-refractivity contribution >= 4 is 37.8 Å². The monoisotopic (exact) mass is 395 g/mol. The fourth-order valence-electron chi connectivity index (χ4n) is 2.96. The number of hydrogen-bond donors (Lipinski definition) is 5. The first-order chi connectivity index (χ1) is 12.8. The van der Waals surface area contributed by atoms with E-state index >= 15 is 0 Å². The van der Waals surface area contributed by atoms with Gasteiger partial charge in [-0.1, -0.05) is 0 Å². The Labute approximate surface area is 152 Å². The van der Waals surface area contributed by atoms with Crippen molar-refractivity contribution < 1.29 is 28.5 Å². The van der Waals surface area contributed by atoms with Crippen molar-refractivity contribution in [1.29, 1.82) is 0 Å². The third kappa shape index (κ3) is 3.21. The Morgan fingerprint density at radius 2 is 1.81 bits per heavy atom. The van der Waals surface area contributed by atoms with E-state index in [2.05, 4.69) is 9.97 Å². The molecule has 0 fully saturated rings. The van der Waals surface area contributed by atoms with Gasteiger partial charge < -0.3 is 25.3 Å². The Bertz CT molecular complexity index is 1170. The maximum atomic E-state index is 12.8. The van der Waals surface area contributed by atoms with Gasteiger partial charge in [0.1, 0.15) is 5.52 Å². The third-order valence-electron chi connectivity index (χ3n) is 4.18. The van der Waals surface area contributed by atoms with Crippen LogP contribution in [0, 0.1) is 0 Å². The number of aromatic nitrogens is 2. The molecule has 2 heterocycles. The average molecular weight is 395 g/mol. The Morgan fingerprint density at radius 3 is 2.41 bits per heavy atom. The molecule has 3 aromatic rings. The van der Waals surface area contributed by atoms with Crippen molar-refractivity contribution in [1.82, 2.24) is 14.3 Å². The van der Waals surface area contributed by atoms with Gasteiger partial charge in [-0.25, -0.2) is 13.2 Å². The van der Waals surface area contributed by atoms with Crippen molar-refractivity contribution in [3.05, 3.63) is 40.3 Å². The first kappa shape index (κ1) is 19.0. The number of aromatic amines is 2. The number of nitrogens with zero attached hydrogens (tertiary/aromatic N) is 1. The number of hydrogen-bond acceptors (Lipinski definition) is 6. The number of carboxylic acid groups (broad SMARTS) is 1. The van der Waals surface area contributed by atoms with E-state index in [1.807, 2.05) is 0 Å². The van der Waals surface area contributed by atoms with Crippen LogP contribution in [0.4, 0.5) is 0 Å². The minimum Gasteiger partial charge on any atom is -0.478 e. The van der Waals surface area contributed by atoms with Crippen molar-refractivity contribution in [3.8, 4) is 0 Å². The van der Waals surface area contributed by atoms with Gasteiger partial charge in [0.25, 0.3) is 5.56 Å². The van der Waals surface area contributed by atoms with Crippen molar-refractivity contribution in [2.45, 2.75) is 4.90 Å². The minimum absolute atomic E-state index is 0.0250. The summed E-state index contributed by atoms with van der Waals surface area (Å²) in [7, 11) is -4.05. The minimum atomic E-state index is -4.05. The largest absolute Gasteiger partial charge is 0.478 e. The second kappa shape index (κ2) is 7.12. The molecule has 0 aliphatic heterocycles. The van der Waals surface area contributed by atoms with Gasteiger partial charge in [-0.3, -0.25) is 4.79 Å². The maximum absolute atomic E-state index is 12.8. The topological polar surface area (TPSA) is 164 Å². The van der Waals surface area contributed by atoms with Gasteiger partial charge in [0, 0.05) is 35.6 Å². The molecule has 5 N–H and O–H groups in total. The number of carboxylic acids is 1. The molecule has 0 saturated carbocycles. The van der Waals surface area contributed by atoms with E-state index in [0.717, 1.165) is 4.31 Å². The quantitative estimate of drug-likeness (QED) is 0.366. The molecular formula is C16H17N3O7S. The summed E-state index contributed by atoms with van der Waals surface area (Å²) in [6, 6.07) is 3.91. The van der Waals surface area contributed by atoms with Gasteiger partial charge >= 0.3 is 5.97 Å². The van der Waals surface area contributed by atoms with Crippen LogP contribution in [0.3, 0.4) is 0 Å². The number of aromatic carboxylic acids is 1. The zero-order chi connectivity index (χ0) is 19.8. The van der Waals surface area contributed by atoms with E-state index in [9.17, 15) is 23.1 Å². The molecule has 1 aromatic carbocycles. The van der Waals surface area contributed by atoms with Gasteiger partial charge in [0.15, 0.2) is 0 Å². The Balaban J connectivity index is 2.30. The predicted molar refractivity (Wildman–Crippen MR) is 96.3 cm³/mol. The Hall–Kier alpha value is -2.73. The highest BCUT2D eigenvalue weighted by Crippen LogP contribution is 2.28. The molecule has 0 bridgehead atoms. The molecule has 11 heteroatoms. The maximum Gasteiger partial charge on any atom is 0.337 e. The fourth-order valence-corrected chi connectivity index (χ4v) is 4.41. The van der Waals surface area contributed by atoms with E-state index < -0.39 is 34.8 Å². The molecule has 0 radical (unpaired) electrons. The molecule has 27 heavy (non-hydrogen) atoms. The van der Waals surface area contributed by atoms with Crippen LogP contribution in [0.15, 0.2) is 34.1 Å². The summed E-state index contributed by atoms with van der Waals surface area (Å²) >= 11 is 0. The highest BCUT2D eigenvalue weighted by molar-refractivity contribution is 7.89. The van der Waals surface area contributed by atoms with E-state index in [1.54, 1.807) is 0 Å². The Morgan fingerprint density at radius 1 is 1.15 bits per heavy atom. The Kier molecular flexibility index (Phi) is 5.02. The molecule has 144 valence electrons. The first-order valence-corrected chi connectivity index (χ1v) is 9.37. The van der Waals surface area contributed by atoms with Crippen molar-refractivity contribution in [3.63, 3.8) is 0 Å². The summed E-state index contributed by atoms with van der Waals surface area (Å²) in [5.74, 6) is -1.26. The highest BCUT2D eigenvalue weighted by Gasteiger charge is 2.25. The number of sulfonamides is 1. The number of nitrogens with one attached hydrogen (secondary N) is 2. The number of carbonyl (C=O) groups is 1. The third-order valence-corrected chi connectivity index (χ3v) is 6.08. The smallest absolute Gasteiger partial charge is 0.337 e. The lowest BCUT2D eigenvalue weighted by Gasteiger charge is -2.20. The summed E-state index contributed by atoms with van der Waals surface area (Å²) in [6.45, 7) is -1.25. The van der Waals surface area contributed by atoms with E-state index in [-0.39, 0.29) is 45.4 Å². The van der Waals surface area contributed by atoms with Crippen LogP contribution >= 0.6 is 0 Å². The second-order valence-electron chi connectivity index (χ2n) is 5.77. The van der Waals surface area contributed by atoms with E-state index in [1.165, 1.54) is 24.4 Å². The van der Waals surface area contributed by atoms with Crippen LogP contribution in [0.25, 0.3) is 21.8 Å². The number of pyridine rings is 1. The summed E-state index contributed by atoms with van der Waals surface area (Å²) < 4.78 is 26.6. The molecule has 0 amide bonds. The summed E-state index contributed by atoms with van der Waals surface area (Å²) in [6.07, 6.45) is 1.17. The first-order valence-electron chi connectivity index (χ1n) is 7.93. The van der Waals surface area contributed by atoms with Gasteiger partial charge in [-0.05, 0) is 18.2 Å². The summed E-state index contributed by atoms with van der Waals surface area (Å²) in [5, 5.41) is 27.9. The molecule has 0 unspecified atom stereocenters. The lowest BCUT2D eigenvalue weighted by molar-refractivity contribution is 0.0699. The van der Waals surface area contributed by atoms with Gasteiger partial charge in [-0.15, -0.1) is 0 Å². The van der Waals surface area contributed by atoms with Crippen LogP contribution in [0.5, 0.6) is 0 Å². The van der Waals surface area contributed by atoms with Crippen LogP contribution in [-0.2, 0) is 10.0 Å². The van der Waals surface area contributed by atoms with Crippen molar-refractivity contribution in [2.24, 2.45) is 0 Å². The van der Waals surface area contributed by atoms with Crippen LogP contribution in [0.1, 0.15) is 10.4 Å². The molecular weight excluding hydrogens is 378 g/mol. The molecule has 0 atom stereocenters. The SMILES string of the molecule is O=C(O)c1c[nH]c2c(=O)[nH]c3ccc(S(=O)(=O)N(CCO)CCO)cc3c12. The van der Waals surface area contributed by atoms with Crippen LogP contribution in [-0.4, -0.2) is 70.3 Å². The lowest BCUT2D eigenvalue weighted by Crippen LogP contribution is -2.35. The molecule has 2 aromatic heterocycles. The van der Waals surface area contributed by atoms with Gasteiger partial charge in [-0.2, -0.15) is 4.31 Å². The average Bonchev–Trinajstić information content (AvgIpc) is 3.07. The number of rotatable bonds is 7. The number of benzene rings is 1. The molecule has 10 nitrogen and oxygen atoms in total. The molecule has 3 rings (SSSR count). The van der Waals surface area contributed by atoms with Crippen LogP contribution < -0.4 is 5.56 Å². The molecule has 0 aliphatic carbocycles. The second-order valence-corrected chi connectivity index (χ2v) is 7.71. The zero-order valence-corrected chi connectivity index (χ0v) is 14.8. The lowest BCUT2D eigenvalue weighted by atomic mass is 10.1. The summed E-state index contributed by atoms with van der Waals surface area (Å²) in [5.41, 5.74) is -0.373. The number of H-pyrrole nitrogens is 2. The molecule has 0 aliphatic rings. The fraction of sp³-hybridized carbons (Fsp3) is 0.250. The number of aliphatic hydroxyl groups excluding tert-OH is 2. The van der Waals surface area contributed by atoms with E-state index in [4.69, 9.17) is 10.2 Å². The summed E-state index contributed by atoms with van der Waals surface area (Å²) in [4.78, 5) is 28.6. The molecule has 0 spiro atoms. The van der Waals surface area contributed by atoms with Gasteiger partial charge in [0.2, 0.25) is 10.0 Å². The predicted octanol–water partition coefficient (Wildman–Crippen LogP) is -0.317. The van der Waals surface area contributed by atoms with Crippen molar-refractivity contribution in [2.75, 3.05) is 26.3 Å². The van der Waals surface area contributed by atoms with Gasteiger partial charge in [0.05, 0.1) is 23.7 Å². The molecule has 0 saturated heterocycles. The number of aliphatic hydroxyl groups is 2. The van der Waals surface area contributed by atoms with E-state index in [0.29, 0.717) is 0 Å². The zero-order valence-electron chi connectivity index (χ0n) is 14.0. The highest BCUT2D eigenvalue weighted by atomic mass is 32.2.